The fourth-order valence-electron chi connectivity index (χ4n) is 3.02. The highest BCUT2D eigenvalue weighted by atomic mass is 19.1. The average molecular weight is 357 g/mol. The van der Waals surface area contributed by atoms with Crippen molar-refractivity contribution in [2.45, 2.75) is 25.8 Å². The number of halogens is 1. The van der Waals surface area contributed by atoms with Gasteiger partial charge in [0.25, 0.3) is 5.91 Å². The van der Waals surface area contributed by atoms with E-state index in [0.29, 0.717) is 24.2 Å². The minimum atomic E-state index is -0.340. The quantitative estimate of drug-likeness (QED) is 0.912. The summed E-state index contributed by atoms with van der Waals surface area (Å²) in [4.78, 5) is 24.7. The second kappa shape index (κ2) is 7.68. The van der Waals surface area contributed by atoms with Gasteiger partial charge < -0.3 is 15.1 Å². The molecule has 0 aliphatic carbocycles. The summed E-state index contributed by atoms with van der Waals surface area (Å²) < 4.78 is 13.7. The topological polar surface area (TPSA) is 61.4 Å². The summed E-state index contributed by atoms with van der Waals surface area (Å²) in [6.07, 6.45) is 3.19. The lowest BCUT2D eigenvalue weighted by molar-refractivity contribution is 0.0718. The fraction of sp³-hybridized carbons (Fsp3) is 0.421. The van der Waals surface area contributed by atoms with Crippen LogP contribution < -0.4 is 10.2 Å². The Morgan fingerprint density at radius 3 is 2.62 bits per heavy atom. The Morgan fingerprint density at radius 2 is 1.96 bits per heavy atom. The van der Waals surface area contributed by atoms with Gasteiger partial charge in [-0.1, -0.05) is 6.07 Å². The number of likely N-dealkylation sites (tertiary alicyclic amines) is 1. The van der Waals surface area contributed by atoms with Crippen LogP contribution in [0, 0.1) is 12.7 Å². The van der Waals surface area contributed by atoms with Crippen LogP contribution in [0.3, 0.4) is 0 Å². The van der Waals surface area contributed by atoms with Crippen molar-refractivity contribution in [3.8, 4) is 0 Å². The molecular weight excluding hydrogens is 333 g/mol. The summed E-state index contributed by atoms with van der Waals surface area (Å²) >= 11 is 0. The maximum Gasteiger partial charge on any atom is 0.253 e. The van der Waals surface area contributed by atoms with Gasteiger partial charge in [-0.05, 0) is 37.5 Å². The first-order valence-corrected chi connectivity index (χ1v) is 8.75. The smallest absolute Gasteiger partial charge is 0.253 e. The van der Waals surface area contributed by atoms with Gasteiger partial charge >= 0.3 is 0 Å². The lowest BCUT2D eigenvalue weighted by atomic mass is 10.0. The van der Waals surface area contributed by atoms with Gasteiger partial charge in [-0.25, -0.2) is 14.4 Å². The Bertz CT molecular complexity index is 787. The monoisotopic (exact) mass is 357 g/mol. The minimum Gasteiger partial charge on any atom is -0.367 e. The van der Waals surface area contributed by atoms with Gasteiger partial charge in [0.05, 0.1) is 0 Å². The molecule has 1 aliphatic rings. The molecule has 138 valence electrons. The highest BCUT2D eigenvalue weighted by Crippen LogP contribution is 2.19. The van der Waals surface area contributed by atoms with E-state index in [1.165, 1.54) is 6.07 Å². The number of aromatic nitrogens is 2. The number of piperidine rings is 1. The zero-order valence-electron chi connectivity index (χ0n) is 15.4. The Kier molecular flexibility index (Phi) is 5.35. The predicted octanol–water partition coefficient (Wildman–Crippen LogP) is 2.71. The molecule has 3 rings (SSSR count). The third-order valence-corrected chi connectivity index (χ3v) is 4.66. The summed E-state index contributed by atoms with van der Waals surface area (Å²) in [7, 11) is 3.87. The molecule has 0 atom stereocenters. The van der Waals surface area contributed by atoms with Gasteiger partial charge in [0.2, 0.25) is 0 Å². The molecule has 1 fully saturated rings. The van der Waals surface area contributed by atoms with Gasteiger partial charge in [-0.15, -0.1) is 0 Å². The van der Waals surface area contributed by atoms with Gasteiger partial charge in [0.15, 0.2) is 0 Å². The number of carbonyl (C=O) groups is 1. The first kappa shape index (κ1) is 18.1. The van der Waals surface area contributed by atoms with E-state index in [1.54, 1.807) is 30.3 Å². The van der Waals surface area contributed by atoms with Crippen molar-refractivity contribution in [1.29, 1.82) is 0 Å². The summed E-state index contributed by atoms with van der Waals surface area (Å²) in [5.41, 5.74) is 0.956. The van der Waals surface area contributed by atoms with Gasteiger partial charge in [0, 0.05) is 44.9 Å². The van der Waals surface area contributed by atoms with Crippen molar-refractivity contribution >= 4 is 17.5 Å². The number of benzene rings is 1. The number of hydrogen-bond donors (Lipinski definition) is 1. The standard InChI is InChI=1S/C19H24FN5O/c1-13-4-5-14(10-16(13)20)19(26)25-8-6-15(7-9-25)23-17-11-18(24(2)3)22-12-21-17/h4-5,10-12,15H,6-9H2,1-3H3,(H,21,22,23). The van der Waals surface area contributed by atoms with Crippen LogP contribution in [0.15, 0.2) is 30.6 Å². The molecule has 1 aromatic carbocycles. The molecule has 6 nitrogen and oxygen atoms in total. The van der Waals surface area contributed by atoms with Crippen molar-refractivity contribution in [1.82, 2.24) is 14.9 Å². The second-order valence-electron chi connectivity index (χ2n) is 6.83. The minimum absolute atomic E-state index is 0.112. The first-order valence-electron chi connectivity index (χ1n) is 8.75. The summed E-state index contributed by atoms with van der Waals surface area (Å²) in [6, 6.07) is 6.82. The number of rotatable bonds is 4. The Labute approximate surface area is 153 Å². The number of nitrogens with zero attached hydrogens (tertiary/aromatic N) is 4. The first-order chi connectivity index (χ1) is 12.4. The number of carbonyl (C=O) groups excluding carboxylic acids is 1. The van der Waals surface area contributed by atoms with Crippen LogP contribution in [0.5, 0.6) is 0 Å². The van der Waals surface area contributed by atoms with Crippen molar-refractivity contribution in [3.63, 3.8) is 0 Å². The molecule has 0 unspecified atom stereocenters. The maximum absolute atomic E-state index is 13.7. The van der Waals surface area contributed by atoms with Crippen LogP contribution >= 0.6 is 0 Å². The van der Waals surface area contributed by atoms with Crippen LogP contribution in [-0.4, -0.2) is 54.0 Å². The van der Waals surface area contributed by atoms with E-state index >= 15 is 0 Å². The molecule has 1 N–H and O–H groups in total. The second-order valence-corrected chi connectivity index (χ2v) is 6.83. The lowest BCUT2D eigenvalue weighted by Gasteiger charge is -2.32. The number of aryl methyl sites for hydroxylation is 1. The molecule has 0 saturated carbocycles. The van der Waals surface area contributed by atoms with Crippen LogP contribution in [0.25, 0.3) is 0 Å². The largest absolute Gasteiger partial charge is 0.367 e. The van der Waals surface area contributed by atoms with E-state index in [2.05, 4.69) is 15.3 Å². The van der Waals surface area contributed by atoms with E-state index < -0.39 is 0 Å². The number of amides is 1. The number of hydrogen-bond acceptors (Lipinski definition) is 5. The molecule has 0 bridgehead atoms. The summed E-state index contributed by atoms with van der Waals surface area (Å²) in [5.74, 6) is 1.18. The summed E-state index contributed by atoms with van der Waals surface area (Å²) in [5, 5.41) is 3.42. The highest BCUT2D eigenvalue weighted by molar-refractivity contribution is 5.94. The predicted molar refractivity (Wildman–Crippen MR) is 100 cm³/mol. The zero-order valence-corrected chi connectivity index (χ0v) is 15.4. The van der Waals surface area contributed by atoms with Crippen LogP contribution in [0.2, 0.25) is 0 Å². The lowest BCUT2D eigenvalue weighted by Crippen LogP contribution is -2.42. The van der Waals surface area contributed by atoms with E-state index in [0.717, 1.165) is 24.5 Å². The molecule has 26 heavy (non-hydrogen) atoms. The molecule has 1 aromatic heterocycles. The third-order valence-electron chi connectivity index (χ3n) is 4.66. The SMILES string of the molecule is Cc1ccc(C(=O)N2CCC(Nc3cc(N(C)C)ncn3)CC2)cc1F. The van der Waals surface area contributed by atoms with E-state index in [1.807, 2.05) is 25.1 Å². The summed E-state index contributed by atoms with van der Waals surface area (Å²) in [6.45, 7) is 2.96. The van der Waals surface area contributed by atoms with E-state index in [9.17, 15) is 9.18 Å². The normalized spacial score (nSPS) is 15.0. The molecule has 2 aromatic rings. The van der Waals surface area contributed by atoms with Gasteiger partial charge in [0.1, 0.15) is 23.8 Å². The van der Waals surface area contributed by atoms with Gasteiger partial charge in [-0.3, -0.25) is 4.79 Å². The Hall–Kier alpha value is -2.70. The molecular formula is C19H24FN5O. The molecule has 0 spiro atoms. The van der Waals surface area contributed by atoms with Crippen LogP contribution in [-0.2, 0) is 0 Å². The van der Waals surface area contributed by atoms with Crippen molar-refractivity contribution < 1.29 is 9.18 Å². The molecule has 7 heteroatoms. The van der Waals surface area contributed by atoms with Crippen LogP contribution in [0.1, 0.15) is 28.8 Å². The van der Waals surface area contributed by atoms with Gasteiger partial charge in [-0.2, -0.15) is 0 Å². The number of nitrogens with one attached hydrogen (secondary N) is 1. The Balaban J connectivity index is 1.58. The average Bonchev–Trinajstić information content (AvgIpc) is 2.64. The van der Waals surface area contributed by atoms with Crippen molar-refractivity contribution in [2.75, 3.05) is 37.4 Å². The molecule has 1 aliphatic heterocycles. The maximum atomic E-state index is 13.7. The molecule has 1 amide bonds. The van der Waals surface area contributed by atoms with E-state index in [-0.39, 0.29) is 17.8 Å². The third kappa shape index (κ3) is 4.09. The zero-order chi connectivity index (χ0) is 18.7. The van der Waals surface area contributed by atoms with E-state index in [4.69, 9.17) is 0 Å². The molecule has 1 saturated heterocycles. The fourth-order valence-corrected chi connectivity index (χ4v) is 3.02. The number of anilines is 2. The van der Waals surface area contributed by atoms with Crippen molar-refractivity contribution in [3.05, 3.63) is 47.5 Å². The Morgan fingerprint density at radius 1 is 1.23 bits per heavy atom. The molecule has 0 radical (unpaired) electrons. The van der Waals surface area contributed by atoms with Crippen LogP contribution in [0.4, 0.5) is 16.0 Å². The van der Waals surface area contributed by atoms with Crippen molar-refractivity contribution in [2.24, 2.45) is 0 Å². The molecule has 2 heterocycles. The highest BCUT2D eigenvalue weighted by Gasteiger charge is 2.24.